The fraction of sp³-hybridized carbons (Fsp3) is 0.0909. The van der Waals surface area contributed by atoms with E-state index in [-0.39, 0.29) is 16.4 Å². The SMILES string of the molecule is Cc1cc(C=C2C(=N)N3N=C(c4ccco4)SC3=NC2=O)c(C)n1-c1ccc(F)c(Cl)c1. The highest BCUT2D eigenvalue weighted by Crippen LogP contribution is 2.32. The summed E-state index contributed by atoms with van der Waals surface area (Å²) in [6.07, 6.45) is 3.16. The third-order valence-corrected chi connectivity index (χ3v) is 6.33. The molecule has 32 heavy (non-hydrogen) atoms. The number of amides is 1. The summed E-state index contributed by atoms with van der Waals surface area (Å²) in [5.74, 6) is -0.532. The first-order valence-electron chi connectivity index (χ1n) is 9.52. The zero-order valence-electron chi connectivity index (χ0n) is 16.9. The van der Waals surface area contributed by atoms with E-state index in [0.717, 1.165) is 17.0 Å². The number of furan rings is 1. The van der Waals surface area contributed by atoms with Gasteiger partial charge in [0.25, 0.3) is 5.91 Å². The van der Waals surface area contributed by atoms with Crippen LogP contribution in [0.25, 0.3) is 11.8 Å². The summed E-state index contributed by atoms with van der Waals surface area (Å²) in [6, 6.07) is 9.87. The van der Waals surface area contributed by atoms with Crippen LogP contribution >= 0.6 is 23.4 Å². The molecule has 2 aliphatic rings. The molecule has 0 fully saturated rings. The smallest absolute Gasteiger partial charge is 0.283 e. The van der Waals surface area contributed by atoms with Gasteiger partial charge in [-0.15, -0.1) is 0 Å². The molecular formula is C22H15ClFN5O2S. The zero-order valence-corrected chi connectivity index (χ0v) is 18.5. The Morgan fingerprint density at radius 1 is 1.25 bits per heavy atom. The molecule has 7 nitrogen and oxygen atoms in total. The Kier molecular flexibility index (Phi) is 4.87. The van der Waals surface area contributed by atoms with Gasteiger partial charge in [0.2, 0.25) is 5.17 Å². The van der Waals surface area contributed by atoms with Gasteiger partial charge in [-0.2, -0.15) is 15.1 Å². The predicted octanol–water partition coefficient (Wildman–Crippen LogP) is 5.15. The van der Waals surface area contributed by atoms with E-state index >= 15 is 0 Å². The maximum atomic E-state index is 13.6. The average Bonchev–Trinajstić information content (AvgIpc) is 3.47. The largest absolute Gasteiger partial charge is 0.462 e. The van der Waals surface area contributed by atoms with Crippen molar-refractivity contribution in [3.05, 3.63) is 81.8 Å². The van der Waals surface area contributed by atoms with Crippen LogP contribution in [0.15, 0.2) is 62.7 Å². The van der Waals surface area contributed by atoms with Crippen molar-refractivity contribution in [3.63, 3.8) is 0 Å². The fourth-order valence-electron chi connectivity index (χ4n) is 3.60. The molecule has 2 aromatic heterocycles. The standard InChI is InChI=1S/C22H15ClFN5O2S/c1-11-8-13(12(2)28(11)14-5-6-17(24)16(23)10-14)9-15-19(25)29-22(26-20(15)30)32-21(27-29)18-4-3-7-31-18/h3-10,25H,1-2H3. The van der Waals surface area contributed by atoms with E-state index in [1.807, 2.05) is 24.5 Å². The van der Waals surface area contributed by atoms with E-state index in [0.29, 0.717) is 21.7 Å². The summed E-state index contributed by atoms with van der Waals surface area (Å²) in [5, 5.41) is 15.1. The molecule has 2 aliphatic heterocycles. The predicted molar refractivity (Wildman–Crippen MR) is 123 cm³/mol. The van der Waals surface area contributed by atoms with Crippen molar-refractivity contribution in [2.45, 2.75) is 13.8 Å². The number of thioether (sulfide) groups is 1. The monoisotopic (exact) mass is 467 g/mol. The Morgan fingerprint density at radius 2 is 2.06 bits per heavy atom. The molecule has 0 saturated carbocycles. The number of amidine groups is 2. The Morgan fingerprint density at radius 3 is 2.78 bits per heavy atom. The molecule has 1 aromatic carbocycles. The topological polar surface area (TPSA) is 87.0 Å². The van der Waals surface area contributed by atoms with Gasteiger partial charge in [-0.3, -0.25) is 10.2 Å². The summed E-state index contributed by atoms with van der Waals surface area (Å²) in [4.78, 5) is 16.8. The van der Waals surface area contributed by atoms with Crippen LogP contribution in [0, 0.1) is 25.1 Å². The third-order valence-electron chi connectivity index (χ3n) is 5.12. The zero-order chi connectivity index (χ0) is 22.6. The quantitative estimate of drug-likeness (QED) is 0.540. The van der Waals surface area contributed by atoms with E-state index in [1.165, 1.54) is 29.1 Å². The number of carbonyl (C=O) groups is 1. The molecule has 0 saturated heterocycles. The molecular weight excluding hydrogens is 453 g/mol. The van der Waals surface area contributed by atoms with Crippen molar-refractivity contribution in [1.82, 2.24) is 9.58 Å². The number of halogens is 2. The van der Waals surface area contributed by atoms with Gasteiger partial charge in [0.1, 0.15) is 5.82 Å². The number of aryl methyl sites for hydroxylation is 1. The number of hydrazone groups is 1. The molecule has 0 unspecified atom stereocenters. The van der Waals surface area contributed by atoms with Crippen LogP contribution in [0.2, 0.25) is 5.02 Å². The van der Waals surface area contributed by atoms with E-state index in [2.05, 4.69) is 10.1 Å². The fourth-order valence-corrected chi connectivity index (χ4v) is 4.64. The van der Waals surface area contributed by atoms with E-state index < -0.39 is 11.7 Å². The first kappa shape index (κ1) is 20.5. The lowest BCUT2D eigenvalue weighted by Gasteiger charge is -2.20. The van der Waals surface area contributed by atoms with Gasteiger partial charge in [-0.25, -0.2) is 4.39 Å². The van der Waals surface area contributed by atoms with Crippen molar-refractivity contribution < 1.29 is 13.6 Å². The minimum absolute atomic E-state index is 0.0257. The van der Waals surface area contributed by atoms with Crippen LogP contribution in [0.1, 0.15) is 22.7 Å². The molecule has 0 aliphatic carbocycles. The Bertz CT molecular complexity index is 1390. The molecule has 0 atom stereocenters. The number of aliphatic imine (C=N–C) groups is 1. The van der Waals surface area contributed by atoms with Gasteiger partial charge in [0, 0.05) is 17.1 Å². The average molecular weight is 468 g/mol. The summed E-state index contributed by atoms with van der Waals surface area (Å²) in [6.45, 7) is 3.77. The lowest BCUT2D eigenvalue weighted by atomic mass is 10.1. The molecule has 5 rings (SSSR count). The van der Waals surface area contributed by atoms with E-state index in [9.17, 15) is 9.18 Å². The number of benzene rings is 1. The second-order valence-electron chi connectivity index (χ2n) is 7.16. The van der Waals surface area contributed by atoms with Crippen molar-refractivity contribution in [1.29, 1.82) is 5.41 Å². The molecule has 0 radical (unpaired) electrons. The van der Waals surface area contributed by atoms with Gasteiger partial charge in [-0.05, 0) is 73.6 Å². The van der Waals surface area contributed by atoms with Crippen LogP contribution in [-0.4, -0.2) is 31.5 Å². The Balaban J connectivity index is 1.53. The highest BCUT2D eigenvalue weighted by molar-refractivity contribution is 8.27. The summed E-state index contributed by atoms with van der Waals surface area (Å²) in [5.41, 5.74) is 3.23. The van der Waals surface area contributed by atoms with Gasteiger partial charge in [0.15, 0.2) is 16.6 Å². The second-order valence-corrected chi connectivity index (χ2v) is 8.53. The molecule has 160 valence electrons. The maximum Gasteiger partial charge on any atom is 0.283 e. The molecule has 10 heteroatoms. The molecule has 0 bridgehead atoms. The number of aromatic nitrogens is 1. The lowest BCUT2D eigenvalue weighted by Crippen LogP contribution is -2.35. The maximum absolute atomic E-state index is 13.6. The van der Waals surface area contributed by atoms with Gasteiger partial charge >= 0.3 is 0 Å². The molecule has 0 spiro atoms. The normalized spacial score (nSPS) is 17.1. The van der Waals surface area contributed by atoms with Crippen LogP contribution in [0.5, 0.6) is 0 Å². The Labute approximate surface area is 191 Å². The molecule has 3 aromatic rings. The van der Waals surface area contributed by atoms with Crippen LogP contribution in [0.3, 0.4) is 0 Å². The van der Waals surface area contributed by atoms with Crippen LogP contribution < -0.4 is 0 Å². The van der Waals surface area contributed by atoms with E-state index in [4.69, 9.17) is 21.4 Å². The van der Waals surface area contributed by atoms with Gasteiger partial charge < -0.3 is 8.98 Å². The summed E-state index contributed by atoms with van der Waals surface area (Å²) >= 11 is 7.13. The van der Waals surface area contributed by atoms with Crippen molar-refractivity contribution >= 4 is 51.4 Å². The lowest BCUT2D eigenvalue weighted by molar-refractivity contribution is -0.114. The van der Waals surface area contributed by atoms with Crippen LogP contribution in [-0.2, 0) is 4.79 Å². The highest BCUT2D eigenvalue weighted by Gasteiger charge is 2.36. The van der Waals surface area contributed by atoms with Gasteiger partial charge in [0.05, 0.1) is 16.9 Å². The number of carbonyl (C=O) groups excluding carboxylic acids is 1. The number of hydrogen-bond acceptors (Lipinski definition) is 5. The molecule has 1 amide bonds. The van der Waals surface area contributed by atoms with Crippen molar-refractivity contribution in [3.8, 4) is 5.69 Å². The minimum atomic E-state index is -0.515. The first-order valence-corrected chi connectivity index (χ1v) is 10.7. The number of fused-ring (bicyclic) bond motifs is 1. The molecule has 4 heterocycles. The number of nitrogens with zero attached hydrogens (tertiary/aromatic N) is 4. The number of hydrogen-bond donors (Lipinski definition) is 1. The van der Waals surface area contributed by atoms with Crippen LogP contribution in [0.4, 0.5) is 4.39 Å². The summed E-state index contributed by atoms with van der Waals surface area (Å²) < 4.78 is 20.9. The first-order chi connectivity index (χ1) is 15.3. The minimum Gasteiger partial charge on any atom is -0.462 e. The Hall–Kier alpha value is -3.43. The number of nitrogens with one attached hydrogen (secondary N) is 1. The third kappa shape index (κ3) is 3.30. The number of rotatable bonds is 3. The van der Waals surface area contributed by atoms with Gasteiger partial charge in [-0.1, -0.05) is 11.6 Å². The second kappa shape index (κ2) is 7.61. The molecule has 1 N–H and O–H groups in total. The van der Waals surface area contributed by atoms with E-state index in [1.54, 1.807) is 30.3 Å². The van der Waals surface area contributed by atoms with Crippen molar-refractivity contribution in [2.75, 3.05) is 0 Å². The van der Waals surface area contributed by atoms with Crippen molar-refractivity contribution in [2.24, 2.45) is 10.1 Å². The highest BCUT2D eigenvalue weighted by atomic mass is 35.5. The summed E-state index contributed by atoms with van der Waals surface area (Å²) in [7, 11) is 0.